The van der Waals surface area contributed by atoms with E-state index >= 15 is 0 Å². The molecule has 1 fully saturated rings. The molecule has 3 rings (SSSR count). The van der Waals surface area contributed by atoms with Gasteiger partial charge in [-0.3, -0.25) is 14.2 Å². The molecule has 2 aromatic heterocycles. The first kappa shape index (κ1) is 16.3. The molecule has 0 bridgehead atoms. The number of aryl methyl sites for hydroxylation is 2. The Hall–Kier alpha value is -2.57. The molecule has 1 aliphatic rings. The van der Waals surface area contributed by atoms with Crippen molar-refractivity contribution in [2.45, 2.75) is 33.6 Å². The molecule has 7 heteroatoms. The smallest absolute Gasteiger partial charge is 0.308 e. The molecule has 3 heterocycles. The van der Waals surface area contributed by atoms with Crippen molar-refractivity contribution >= 4 is 11.9 Å². The first-order valence-electron chi connectivity index (χ1n) is 8.03. The van der Waals surface area contributed by atoms with Crippen molar-refractivity contribution in [3.8, 4) is 5.82 Å². The fourth-order valence-electron chi connectivity index (χ4n) is 3.32. The number of hydrogen-bond donors (Lipinski definition) is 1. The van der Waals surface area contributed by atoms with E-state index in [2.05, 4.69) is 5.16 Å². The van der Waals surface area contributed by atoms with E-state index in [4.69, 9.17) is 4.52 Å². The predicted molar refractivity (Wildman–Crippen MR) is 86.3 cm³/mol. The molecule has 24 heavy (non-hydrogen) atoms. The number of hydrogen-bond acceptors (Lipinski definition) is 4. The van der Waals surface area contributed by atoms with E-state index in [9.17, 15) is 14.7 Å². The second kappa shape index (κ2) is 6.14. The molecule has 0 aliphatic carbocycles. The number of nitrogens with zero attached hydrogens (tertiary/aromatic N) is 3. The molecule has 0 unspecified atom stereocenters. The zero-order valence-corrected chi connectivity index (χ0v) is 14.1. The van der Waals surface area contributed by atoms with Crippen molar-refractivity contribution in [1.29, 1.82) is 0 Å². The summed E-state index contributed by atoms with van der Waals surface area (Å²) < 4.78 is 7.00. The van der Waals surface area contributed by atoms with Gasteiger partial charge >= 0.3 is 5.97 Å². The highest BCUT2D eigenvalue weighted by Crippen LogP contribution is 2.24. The molecule has 0 radical (unpaired) electrons. The number of rotatable bonds is 3. The van der Waals surface area contributed by atoms with Crippen LogP contribution in [0.2, 0.25) is 0 Å². The fourth-order valence-corrected chi connectivity index (χ4v) is 3.32. The second-order valence-corrected chi connectivity index (χ2v) is 6.34. The summed E-state index contributed by atoms with van der Waals surface area (Å²) in [5.74, 6) is -0.102. The van der Waals surface area contributed by atoms with Gasteiger partial charge in [0.1, 0.15) is 5.76 Å². The SMILES string of the molecule is Cc1cc(-n2c(C)cc(C(=O)N3CCC[C@H](C(=O)O)C3)c2C)no1. The average molecular weight is 331 g/mol. The van der Waals surface area contributed by atoms with E-state index in [1.165, 1.54) is 0 Å². The van der Waals surface area contributed by atoms with Crippen molar-refractivity contribution in [2.24, 2.45) is 5.92 Å². The molecule has 0 saturated carbocycles. The van der Waals surface area contributed by atoms with Crippen LogP contribution in [-0.4, -0.2) is 44.7 Å². The lowest BCUT2D eigenvalue weighted by atomic mass is 9.97. The van der Waals surface area contributed by atoms with Gasteiger partial charge in [-0.15, -0.1) is 0 Å². The van der Waals surface area contributed by atoms with Crippen molar-refractivity contribution in [3.63, 3.8) is 0 Å². The van der Waals surface area contributed by atoms with Gasteiger partial charge in [-0.2, -0.15) is 0 Å². The molecule has 1 atom stereocenters. The summed E-state index contributed by atoms with van der Waals surface area (Å²) in [6, 6.07) is 3.64. The molecular formula is C17H21N3O4. The maximum atomic E-state index is 12.9. The van der Waals surface area contributed by atoms with Gasteiger partial charge in [0.05, 0.1) is 11.5 Å². The van der Waals surface area contributed by atoms with Crippen LogP contribution in [0.5, 0.6) is 0 Å². The first-order valence-corrected chi connectivity index (χ1v) is 8.03. The maximum absolute atomic E-state index is 12.9. The molecule has 0 aromatic carbocycles. The lowest BCUT2D eigenvalue weighted by molar-refractivity contribution is -0.143. The zero-order chi connectivity index (χ0) is 17.4. The standard InChI is InChI=1S/C17H21N3O4/c1-10-7-14(12(3)20(10)15-8-11(2)24-18-15)16(21)19-6-4-5-13(9-19)17(22)23/h7-8,13H,4-6,9H2,1-3H3,(H,22,23)/t13-/m0/s1. The number of piperidine rings is 1. The maximum Gasteiger partial charge on any atom is 0.308 e. The third-order valence-electron chi connectivity index (χ3n) is 4.56. The van der Waals surface area contributed by atoms with Crippen LogP contribution < -0.4 is 0 Å². The van der Waals surface area contributed by atoms with Gasteiger partial charge in [0.2, 0.25) is 0 Å². The molecule has 1 saturated heterocycles. The Labute approximate surface area is 139 Å². The quantitative estimate of drug-likeness (QED) is 0.932. The Morgan fingerprint density at radius 3 is 2.67 bits per heavy atom. The number of aliphatic carboxylic acids is 1. The average Bonchev–Trinajstić information content (AvgIpc) is 3.09. The van der Waals surface area contributed by atoms with Crippen molar-refractivity contribution < 1.29 is 19.2 Å². The molecule has 1 amide bonds. The molecule has 1 aliphatic heterocycles. The summed E-state index contributed by atoms with van der Waals surface area (Å²) >= 11 is 0. The number of likely N-dealkylation sites (tertiary alicyclic amines) is 1. The van der Waals surface area contributed by atoms with E-state index in [1.54, 1.807) is 4.90 Å². The normalized spacial score (nSPS) is 18.0. The van der Waals surface area contributed by atoms with Crippen LogP contribution in [0, 0.1) is 26.7 Å². The Morgan fingerprint density at radius 2 is 2.04 bits per heavy atom. The summed E-state index contributed by atoms with van der Waals surface area (Å²) in [6.45, 7) is 6.44. The minimum Gasteiger partial charge on any atom is -0.481 e. The van der Waals surface area contributed by atoms with Gasteiger partial charge in [0.15, 0.2) is 5.82 Å². The zero-order valence-electron chi connectivity index (χ0n) is 14.1. The van der Waals surface area contributed by atoms with Crippen molar-refractivity contribution in [1.82, 2.24) is 14.6 Å². The van der Waals surface area contributed by atoms with Crippen LogP contribution in [-0.2, 0) is 4.79 Å². The van der Waals surface area contributed by atoms with Crippen molar-refractivity contribution in [2.75, 3.05) is 13.1 Å². The summed E-state index contributed by atoms with van der Waals surface area (Å²) in [4.78, 5) is 25.7. The van der Waals surface area contributed by atoms with Crippen LogP contribution in [0.3, 0.4) is 0 Å². The largest absolute Gasteiger partial charge is 0.481 e. The summed E-state index contributed by atoms with van der Waals surface area (Å²) in [6.07, 6.45) is 1.33. The van der Waals surface area contributed by atoms with E-state index in [1.807, 2.05) is 37.5 Å². The lowest BCUT2D eigenvalue weighted by Crippen LogP contribution is -2.42. The van der Waals surface area contributed by atoms with Gasteiger partial charge < -0.3 is 14.5 Å². The third kappa shape index (κ3) is 2.81. The number of carboxylic acids is 1. The van der Waals surface area contributed by atoms with Gasteiger partial charge in [0, 0.05) is 30.5 Å². The molecule has 0 spiro atoms. The van der Waals surface area contributed by atoms with Crippen LogP contribution in [0.25, 0.3) is 5.82 Å². The summed E-state index contributed by atoms with van der Waals surface area (Å²) in [7, 11) is 0. The Kier molecular flexibility index (Phi) is 4.17. The van der Waals surface area contributed by atoms with E-state index in [0.717, 1.165) is 11.4 Å². The highest BCUT2D eigenvalue weighted by atomic mass is 16.5. The highest BCUT2D eigenvalue weighted by molar-refractivity contribution is 5.96. The Bertz CT molecular complexity index is 790. The van der Waals surface area contributed by atoms with Crippen LogP contribution in [0.4, 0.5) is 0 Å². The van der Waals surface area contributed by atoms with E-state index < -0.39 is 11.9 Å². The van der Waals surface area contributed by atoms with Crippen LogP contribution in [0.15, 0.2) is 16.7 Å². The highest BCUT2D eigenvalue weighted by Gasteiger charge is 2.30. The van der Waals surface area contributed by atoms with Crippen LogP contribution >= 0.6 is 0 Å². The Morgan fingerprint density at radius 1 is 1.29 bits per heavy atom. The van der Waals surface area contributed by atoms with Gasteiger partial charge in [-0.25, -0.2) is 0 Å². The van der Waals surface area contributed by atoms with Gasteiger partial charge in [-0.05, 0) is 39.7 Å². The predicted octanol–water partition coefficient (Wildman–Crippen LogP) is 2.33. The molecule has 128 valence electrons. The number of carbonyl (C=O) groups excluding carboxylic acids is 1. The lowest BCUT2D eigenvalue weighted by Gasteiger charge is -2.30. The van der Waals surface area contributed by atoms with Gasteiger partial charge in [0.25, 0.3) is 5.91 Å². The topological polar surface area (TPSA) is 88.6 Å². The molecular weight excluding hydrogens is 310 g/mol. The third-order valence-corrected chi connectivity index (χ3v) is 4.56. The Balaban J connectivity index is 1.90. The molecule has 1 N–H and O–H groups in total. The first-order chi connectivity index (χ1) is 11.4. The van der Waals surface area contributed by atoms with E-state index in [-0.39, 0.29) is 12.5 Å². The minimum atomic E-state index is -0.837. The minimum absolute atomic E-state index is 0.125. The number of carbonyl (C=O) groups is 2. The number of carboxylic acid groups (broad SMARTS) is 1. The van der Waals surface area contributed by atoms with E-state index in [0.29, 0.717) is 36.5 Å². The summed E-state index contributed by atoms with van der Waals surface area (Å²) in [5, 5.41) is 13.2. The molecule has 7 nitrogen and oxygen atoms in total. The second-order valence-electron chi connectivity index (χ2n) is 6.34. The summed E-state index contributed by atoms with van der Waals surface area (Å²) in [5.41, 5.74) is 2.25. The van der Waals surface area contributed by atoms with Crippen LogP contribution in [0.1, 0.15) is 40.3 Å². The van der Waals surface area contributed by atoms with Crippen molar-refractivity contribution in [3.05, 3.63) is 34.8 Å². The van der Waals surface area contributed by atoms with Gasteiger partial charge in [-0.1, -0.05) is 5.16 Å². The fraction of sp³-hybridized carbons (Fsp3) is 0.471. The molecule has 2 aromatic rings. The number of amides is 1. The number of aromatic nitrogens is 2. The monoisotopic (exact) mass is 331 g/mol.